The Hall–Kier alpha value is -2.41. The summed E-state index contributed by atoms with van der Waals surface area (Å²) in [4.78, 5) is 43.0. The van der Waals surface area contributed by atoms with Crippen molar-refractivity contribution in [2.75, 3.05) is 4.90 Å². The van der Waals surface area contributed by atoms with Gasteiger partial charge in [-0.15, -0.1) is 0 Å². The summed E-state index contributed by atoms with van der Waals surface area (Å²) < 4.78 is 0. The second-order valence-electron chi connectivity index (χ2n) is 7.51. The van der Waals surface area contributed by atoms with Crippen LogP contribution < -0.4 is 10.2 Å². The highest BCUT2D eigenvalue weighted by Crippen LogP contribution is 2.53. The quantitative estimate of drug-likeness (QED) is 0.713. The van der Waals surface area contributed by atoms with Gasteiger partial charge in [0, 0.05) is 18.0 Å². The van der Waals surface area contributed by atoms with E-state index in [-0.39, 0.29) is 27.4 Å². The summed E-state index contributed by atoms with van der Waals surface area (Å²) >= 11 is 1.05. The molecule has 0 fully saturated rings. The first kappa shape index (κ1) is 17.0. The van der Waals surface area contributed by atoms with Gasteiger partial charge in [0.05, 0.1) is 16.2 Å². The van der Waals surface area contributed by atoms with Crippen LogP contribution in [-0.2, 0) is 14.4 Å². The minimum Gasteiger partial charge on any atom is -0.305 e. The van der Waals surface area contributed by atoms with Gasteiger partial charge in [-0.1, -0.05) is 25.1 Å². The second-order valence-corrected chi connectivity index (χ2v) is 8.51. The fourth-order valence-electron chi connectivity index (χ4n) is 4.15. The van der Waals surface area contributed by atoms with Gasteiger partial charge in [0.1, 0.15) is 0 Å². The maximum absolute atomic E-state index is 13.3. The molecule has 134 valence electrons. The number of nitrogens with one attached hydrogen (secondary N) is 1. The molecule has 4 rings (SSSR count). The number of carbonyl (C=O) groups excluding carboxylic acids is 3. The molecular weight excluding hydrogens is 350 g/mol. The predicted molar refractivity (Wildman–Crippen MR) is 102 cm³/mol. The first-order valence-corrected chi connectivity index (χ1v) is 9.33. The summed E-state index contributed by atoms with van der Waals surface area (Å²) in [6, 6.07) is 5.87. The van der Waals surface area contributed by atoms with Crippen LogP contribution in [0.2, 0.25) is 0 Å². The molecule has 6 nitrogen and oxygen atoms in total. The molecule has 7 heteroatoms. The molecule has 3 aliphatic heterocycles. The third-order valence-electron chi connectivity index (χ3n) is 5.03. The lowest BCUT2D eigenvalue weighted by Crippen LogP contribution is -2.49. The molecule has 0 aromatic heterocycles. The van der Waals surface area contributed by atoms with Crippen LogP contribution in [0.4, 0.5) is 5.69 Å². The molecule has 0 radical (unpaired) electrons. The Labute approximate surface area is 155 Å². The van der Waals surface area contributed by atoms with Crippen molar-refractivity contribution >= 4 is 45.9 Å². The van der Waals surface area contributed by atoms with Crippen LogP contribution >= 0.6 is 11.8 Å². The Bertz CT molecular complexity index is 945. The average molecular weight is 369 g/mol. The molecule has 1 aromatic carbocycles. The van der Waals surface area contributed by atoms with E-state index in [4.69, 9.17) is 0 Å². The average Bonchev–Trinajstić information content (AvgIpc) is 3.01. The van der Waals surface area contributed by atoms with Gasteiger partial charge in [-0.05, 0) is 43.5 Å². The molecule has 0 aliphatic carbocycles. The number of thioether (sulfide) groups is 1. The van der Waals surface area contributed by atoms with E-state index in [1.54, 1.807) is 0 Å². The summed E-state index contributed by atoms with van der Waals surface area (Å²) in [6.45, 7) is 7.63. The lowest BCUT2D eigenvalue weighted by atomic mass is 9.80. The van der Waals surface area contributed by atoms with Crippen molar-refractivity contribution in [3.05, 3.63) is 34.2 Å². The van der Waals surface area contributed by atoms with Crippen LogP contribution in [0, 0.1) is 0 Å². The smallest absolute Gasteiger partial charge is 0.287 e. The van der Waals surface area contributed by atoms with Crippen molar-refractivity contribution in [2.45, 2.75) is 45.6 Å². The third-order valence-corrected chi connectivity index (χ3v) is 5.99. The minimum atomic E-state index is -0.481. The number of anilines is 1. The van der Waals surface area contributed by atoms with Gasteiger partial charge in [0.15, 0.2) is 5.17 Å². The molecule has 0 spiro atoms. The molecule has 1 N–H and O–H groups in total. The zero-order valence-electron chi connectivity index (χ0n) is 15.0. The molecule has 26 heavy (non-hydrogen) atoms. The number of rotatable bonds is 0. The number of aliphatic imine (C=N–C) groups is 1. The van der Waals surface area contributed by atoms with Crippen molar-refractivity contribution in [3.63, 3.8) is 0 Å². The van der Waals surface area contributed by atoms with Gasteiger partial charge in [-0.3, -0.25) is 14.4 Å². The Morgan fingerprint density at radius 2 is 2.08 bits per heavy atom. The van der Waals surface area contributed by atoms with Crippen LogP contribution in [0.5, 0.6) is 0 Å². The van der Waals surface area contributed by atoms with E-state index in [9.17, 15) is 14.4 Å². The van der Waals surface area contributed by atoms with E-state index < -0.39 is 5.91 Å². The van der Waals surface area contributed by atoms with Gasteiger partial charge in [0.25, 0.3) is 11.8 Å². The Balaban J connectivity index is 1.89. The summed E-state index contributed by atoms with van der Waals surface area (Å²) in [7, 11) is 0. The number of amides is 3. The molecule has 3 aliphatic rings. The molecule has 3 heterocycles. The lowest BCUT2D eigenvalue weighted by Gasteiger charge is -2.43. The van der Waals surface area contributed by atoms with Gasteiger partial charge in [-0.25, -0.2) is 0 Å². The van der Waals surface area contributed by atoms with E-state index in [1.807, 2.05) is 17.0 Å². The molecule has 0 unspecified atom stereocenters. The standard InChI is InChI=1S/C19H19N3O3S/c1-9-8-19(3,4)22-14-11(9)6-5-7-12(14)13(17(22)25)15-16(24)21-18(26-15)20-10(2)23/h5-7,9H,8H2,1-4H3,(H,20,21,23,24)/b15-13-/t9-/m0/s1. The number of amidine groups is 1. The highest BCUT2D eigenvalue weighted by Gasteiger charge is 2.49. The Morgan fingerprint density at radius 1 is 1.35 bits per heavy atom. The molecule has 3 amide bonds. The SMILES string of the molecule is CC(=O)NC1=NC(=O)/C(=C2/C(=O)N3c4c2cccc4[C@@H](C)CC3(C)C)S1. The zero-order chi connectivity index (χ0) is 18.8. The number of nitrogens with zero attached hydrogens (tertiary/aromatic N) is 2. The van der Waals surface area contributed by atoms with Gasteiger partial charge >= 0.3 is 0 Å². The van der Waals surface area contributed by atoms with E-state index >= 15 is 0 Å². The molecular formula is C19H19N3O3S. The van der Waals surface area contributed by atoms with Crippen molar-refractivity contribution in [2.24, 2.45) is 4.99 Å². The Kier molecular flexibility index (Phi) is 3.63. The summed E-state index contributed by atoms with van der Waals surface area (Å²) in [5.74, 6) is -0.624. The highest BCUT2D eigenvalue weighted by atomic mass is 32.2. The van der Waals surface area contributed by atoms with Crippen LogP contribution in [0.3, 0.4) is 0 Å². The van der Waals surface area contributed by atoms with Crippen molar-refractivity contribution in [1.29, 1.82) is 0 Å². The van der Waals surface area contributed by atoms with Gasteiger partial charge in [-0.2, -0.15) is 4.99 Å². The number of benzene rings is 1. The third kappa shape index (κ3) is 2.34. The second kappa shape index (κ2) is 5.54. The lowest BCUT2D eigenvalue weighted by molar-refractivity contribution is -0.117. The number of para-hydroxylation sites is 1. The summed E-state index contributed by atoms with van der Waals surface area (Å²) in [5, 5.41) is 2.75. The van der Waals surface area contributed by atoms with Crippen molar-refractivity contribution < 1.29 is 14.4 Å². The normalized spacial score (nSPS) is 26.1. The van der Waals surface area contributed by atoms with E-state index in [0.717, 1.165) is 35.0 Å². The van der Waals surface area contributed by atoms with Gasteiger partial charge in [0.2, 0.25) is 5.91 Å². The Morgan fingerprint density at radius 3 is 2.77 bits per heavy atom. The monoisotopic (exact) mass is 369 g/mol. The first-order chi connectivity index (χ1) is 12.2. The predicted octanol–water partition coefficient (Wildman–Crippen LogP) is 2.80. The molecule has 1 atom stereocenters. The van der Waals surface area contributed by atoms with Crippen LogP contribution in [0.1, 0.15) is 51.2 Å². The zero-order valence-corrected chi connectivity index (χ0v) is 15.9. The molecule has 1 aromatic rings. The maximum Gasteiger partial charge on any atom is 0.287 e. The number of carbonyl (C=O) groups is 3. The summed E-state index contributed by atoms with van der Waals surface area (Å²) in [5.41, 5.74) is 2.87. The fraction of sp³-hybridized carbons (Fsp3) is 0.368. The molecule has 0 bridgehead atoms. The van der Waals surface area contributed by atoms with E-state index in [0.29, 0.717) is 11.5 Å². The van der Waals surface area contributed by atoms with Crippen molar-refractivity contribution in [3.8, 4) is 0 Å². The van der Waals surface area contributed by atoms with Crippen molar-refractivity contribution in [1.82, 2.24) is 5.32 Å². The number of hydrogen-bond acceptors (Lipinski definition) is 4. The van der Waals surface area contributed by atoms with Gasteiger partial charge < -0.3 is 10.2 Å². The largest absolute Gasteiger partial charge is 0.305 e. The maximum atomic E-state index is 13.3. The van der Waals surface area contributed by atoms with Crippen LogP contribution in [0.25, 0.3) is 5.57 Å². The topological polar surface area (TPSA) is 78.8 Å². The fourth-order valence-corrected chi connectivity index (χ4v) is 5.10. The van der Waals surface area contributed by atoms with E-state index in [1.165, 1.54) is 6.92 Å². The number of hydrogen-bond donors (Lipinski definition) is 1. The summed E-state index contributed by atoms with van der Waals surface area (Å²) in [6.07, 6.45) is 0.854. The van der Waals surface area contributed by atoms with Crippen LogP contribution in [0.15, 0.2) is 28.1 Å². The van der Waals surface area contributed by atoms with Crippen LogP contribution in [-0.4, -0.2) is 28.4 Å². The van der Waals surface area contributed by atoms with E-state index in [2.05, 4.69) is 37.1 Å². The first-order valence-electron chi connectivity index (χ1n) is 8.51. The molecule has 0 saturated carbocycles. The molecule has 0 saturated heterocycles. The minimum absolute atomic E-state index is 0.167. The highest BCUT2D eigenvalue weighted by molar-refractivity contribution is 8.18.